The quantitative estimate of drug-likeness (QED) is 0.762. The minimum absolute atomic E-state index is 0.325. The molecular weight excluding hydrogens is 224 g/mol. The molecule has 0 aliphatic carbocycles. The zero-order valence-electron chi connectivity index (χ0n) is 9.51. The molecule has 0 aliphatic rings. The normalized spacial score (nSPS) is 13.2. The van der Waals surface area contributed by atoms with Crippen LogP contribution in [-0.2, 0) is 9.84 Å². The largest absolute Gasteiger partial charge is 0.306 e. The van der Waals surface area contributed by atoms with Crippen LogP contribution in [0.1, 0.15) is 20.8 Å². The molecule has 0 N–H and O–H groups in total. The maximum absolute atomic E-state index is 12.2. The molecule has 0 saturated heterocycles. The summed E-state index contributed by atoms with van der Waals surface area (Å²) in [5.74, 6) is 0. The van der Waals surface area contributed by atoms with Crippen LogP contribution in [-0.4, -0.2) is 22.5 Å². The highest BCUT2D eigenvalue weighted by Crippen LogP contribution is 2.24. The summed E-state index contributed by atoms with van der Waals surface area (Å²) in [7, 11) is -3.29. The van der Waals surface area contributed by atoms with Crippen molar-refractivity contribution in [3.8, 4) is 0 Å². The molecule has 5 heteroatoms. The lowest BCUT2D eigenvalue weighted by Gasteiger charge is -2.19. The lowest BCUT2D eigenvalue weighted by molar-refractivity contribution is 0.559. The fourth-order valence-corrected chi connectivity index (χ4v) is 2.62. The van der Waals surface area contributed by atoms with Crippen LogP contribution in [0.4, 0.5) is 0 Å². The second-order valence-corrected chi connectivity index (χ2v) is 7.38. The molecule has 2 aromatic heterocycles. The summed E-state index contributed by atoms with van der Waals surface area (Å²) in [5, 5.41) is 0. The molecule has 2 aromatic rings. The van der Waals surface area contributed by atoms with Crippen molar-refractivity contribution in [2.45, 2.75) is 30.4 Å². The first kappa shape index (κ1) is 11.1. The number of sulfone groups is 1. The summed E-state index contributed by atoms with van der Waals surface area (Å²) in [4.78, 5) is 4.40. The van der Waals surface area contributed by atoms with Crippen molar-refractivity contribution >= 4 is 15.5 Å². The Kier molecular flexibility index (Phi) is 2.31. The van der Waals surface area contributed by atoms with Crippen molar-refractivity contribution in [1.29, 1.82) is 0 Å². The van der Waals surface area contributed by atoms with Crippen LogP contribution >= 0.6 is 0 Å². The predicted molar refractivity (Wildman–Crippen MR) is 62.1 cm³/mol. The van der Waals surface area contributed by atoms with Crippen molar-refractivity contribution in [1.82, 2.24) is 9.38 Å². The third-order valence-electron chi connectivity index (χ3n) is 2.48. The number of fused-ring (bicyclic) bond motifs is 1. The Morgan fingerprint density at radius 2 is 1.94 bits per heavy atom. The van der Waals surface area contributed by atoms with Crippen LogP contribution in [0.3, 0.4) is 0 Å². The third kappa shape index (κ3) is 1.61. The molecule has 0 amide bonds. The van der Waals surface area contributed by atoms with Gasteiger partial charge in [-0.3, -0.25) is 0 Å². The number of aromatic nitrogens is 2. The molecular formula is C11H14N2O2S. The SMILES string of the molecule is CC(C)(C)S(=O)(=O)c1ccc2nccn2c1. The van der Waals surface area contributed by atoms with Gasteiger partial charge in [-0.15, -0.1) is 0 Å². The third-order valence-corrected chi connectivity index (χ3v) is 4.95. The molecule has 0 saturated carbocycles. The number of hydrogen-bond donors (Lipinski definition) is 0. The molecule has 0 fully saturated rings. The van der Waals surface area contributed by atoms with E-state index in [1.54, 1.807) is 55.9 Å². The van der Waals surface area contributed by atoms with E-state index in [0.717, 1.165) is 5.65 Å². The monoisotopic (exact) mass is 238 g/mol. The fraction of sp³-hybridized carbons (Fsp3) is 0.364. The van der Waals surface area contributed by atoms with Gasteiger partial charge in [0.1, 0.15) is 5.65 Å². The van der Waals surface area contributed by atoms with Gasteiger partial charge in [0.05, 0.1) is 9.64 Å². The minimum Gasteiger partial charge on any atom is -0.306 e. The second-order valence-electron chi connectivity index (χ2n) is 4.67. The van der Waals surface area contributed by atoms with E-state index >= 15 is 0 Å². The summed E-state index contributed by atoms with van der Waals surface area (Å²) in [6.45, 7) is 5.08. The molecule has 4 nitrogen and oxygen atoms in total. The zero-order valence-corrected chi connectivity index (χ0v) is 10.3. The van der Waals surface area contributed by atoms with Crippen LogP contribution in [0.25, 0.3) is 5.65 Å². The van der Waals surface area contributed by atoms with Gasteiger partial charge in [0.2, 0.25) is 0 Å². The molecule has 0 aromatic carbocycles. The van der Waals surface area contributed by atoms with E-state index in [-0.39, 0.29) is 0 Å². The maximum Gasteiger partial charge on any atom is 0.184 e. The minimum atomic E-state index is -3.29. The van der Waals surface area contributed by atoms with E-state index in [1.165, 1.54) is 0 Å². The first-order valence-electron chi connectivity index (χ1n) is 5.00. The smallest absolute Gasteiger partial charge is 0.184 e. The van der Waals surface area contributed by atoms with E-state index in [1.807, 2.05) is 0 Å². The molecule has 2 rings (SSSR count). The van der Waals surface area contributed by atoms with Gasteiger partial charge in [0, 0.05) is 18.6 Å². The summed E-state index contributed by atoms with van der Waals surface area (Å²) in [5.41, 5.74) is 0.743. The highest BCUT2D eigenvalue weighted by atomic mass is 32.2. The van der Waals surface area contributed by atoms with Crippen molar-refractivity contribution in [3.63, 3.8) is 0 Å². The summed E-state index contributed by atoms with van der Waals surface area (Å²) in [6, 6.07) is 3.31. The Bertz CT molecular complexity index is 621. The van der Waals surface area contributed by atoms with Crippen molar-refractivity contribution in [3.05, 3.63) is 30.7 Å². The summed E-state index contributed by atoms with van der Waals surface area (Å²) >= 11 is 0. The van der Waals surface area contributed by atoms with E-state index in [9.17, 15) is 8.42 Å². The van der Waals surface area contributed by atoms with Gasteiger partial charge in [0.25, 0.3) is 0 Å². The molecule has 16 heavy (non-hydrogen) atoms. The Hall–Kier alpha value is -1.36. The maximum atomic E-state index is 12.2. The summed E-state index contributed by atoms with van der Waals surface area (Å²) in [6.07, 6.45) is 4.97. The number of nitrogens with zero attached hydrogens (tertiary/aromatic N) is 2. The van der Waals surface area contributed by atoms with Crippen molar-refractivity contribution in [2.75, 3.05) is 0 Å². The van der Waals surface area contributed by atoms with Gasteiger partial charge in [0.15, 0.2) is 9.84 Å². The number of imidazole rings is 1. The first-order chi connectivity index (χ1) is 7.32. The molecule has 0 atom stereocenters. The topological polar surface area (TPSA) is 51.4 Å². The number of hydrogen-bond acceptors (Lipinski definition) is 3. The molecule has 0 radical (unpaired) electrons. The number of pyridine rings is 1. The van der Waals surface area contributed by atoms with Crippen LogP contribution < -0.4 is 0 Å². The average molecular weight is 238 g/mol. The molecule has 0 bridgehead atoms. The van der Waals surface area contributed by atoms with Gasteiger partial charge in [-0.25, -0.2) is 13.4 Å². The molecule has 0 aliphatic heterocycles. The molecule has 86 valence electrons. The van der Waals surface area contributed by atoms with E-state index < -0.39 is 14.6 Å². The highest BCUT2D eigenvalue weighted by Gasteiger charge is 2.31. The summed E-state index contributed by atoms with van der Waals surface area (Å²) < 4.78 is 25.3. The van der Waals surface area contributed by atoms with Crippen LogP contribution in [0.15, 0.2) is 35.6 Å². The Labute approximate surface area is 94.9 Å². The van der Waals surface area contributed by atoms with Crippen molar-refractivity contribution in [2.24, 2.45) is 0 Å². The lowest BCUT2D eigenvalue weighted by Crippen LogP contribution is -2.28. The number of rotatable bonds is 1. The van der Waals surface area contributed by atoms with E-state index in [0.29, 0.717) is 4.90 Å². The van der Waals surface area contributed by atoms with Gasteiger partial charge in [-0.1, -0.05) is 0 Å². The van der Waals surface area contributed by atoms with Gasteiger partial charge < -0.3 is 4.40 Å². The van der Waals surface area contributed by atoms with Crippen LogP contribution in [0, 0.1) is 0 Å². The van der Waals surface area contributed by atoms with E-state index in [2.05, 4.69) is 4.98 Å². The van der Waals surface area contributed by atoms with Crippen LogP contribution in [0.5, 0.6) is 0 Å². The zero-order chi connectivity index (χ0) is 12.0. The average Bonchev–Trinajstić information content (AvgIpc) is 2.61. The Morgan fingerprint density at radius 1 is 1.25 bits per heavy atom. The van der Waals surface area contributed by atoms with Gasteiger partial charge in [-0.05, 0) is 32.9 Å². The predicted octanol–water partition coefficient (Wildman–Crippen LogP) is 1.91. The highest BCUT2D eigenvalue weighted by molar-refractivity contribution is 7.92. The second kappa shape index (κ2) is 3.31. The fourth-order valence-electron chi connectivity index (χ4n) is 1.41. The van der Waals surface area contributed by atoms with Gasteiger partial charge >= 0.3 is 0 Å². The molecule has 0 spiro atoms. The van der Waals surface area contributed by atoms with Crippen molar-refractivity contribution < 1.29 is 8.42 Å². The Balaban J connectivity index is 2.64. The molecule has 2 heterocycles. The first-order valence-corrected chi connectivity index (χ1v) is 6.48. The van der Waals surface area contributed by atoms with Gasteiger partial charge in [-0.2, -0.15) is 0 Å². The standard InChI is InChI=1S/C11H14N2O2S/c1-11(2,3)16(14,15)9-4-5-10-12-6-7-13(10)8-9/h4-8H,1-3H3. The Morgan fingerprint density at radius 3 is 2.56 bits per heavy atom. The molecule has 0 unspecified atom stereocenters. The lowest BCUT2D eigenvalue weighted by atomic mass is 10.3. The van der Waals surface area contributed by atoms with E-state index in [4.69, 9.17) is 0 Å². The van der Waals surface area contributed by atoms with Crippen LogP contribution in [0.2, 0.25) is 0 Å².